The van der Waals surface area contributed by atoms with Crippen LogP contribution in [0.3, 0.4) is 0 Å². The normalized spacial score (nSPS) is 12.1. The third-order valence-corrected chi connectivity index (χ3v) is 4.78. The maximum atomic E-state index is 13.2. The van der Waals surface area contributed by atoms with Gasteiger partial charge < -0.3 is 14.6 Å². The lowest BCUT2D eigenvalue weighted by atomic mass is 10.1. The second-order valence-corrected chi connectivity index (χ2v) is 7.30. The van der Waals surface area contributed by atoms with E-state index in [1.165, 1.54) is 12.1 Å². The Balaban J connectivity index is 1.59. The minimum absolute atomic E-state index is 0.247. The van der Waals surface area contributed by atoms with E-state index in [1.807, 2.05) is 54.6 Å². The van der Waals surface area contributed by atoms with Crippen molar-refractivity contribution in [1.82, 2.24) is 4.90 Å². The number of aliphatic hydroxyl groups is 1. The van der Waals surface area contributed by atoms with Crippen molar-refractivity contribution in [3.05, 3.63) is 101 Å². The molecule has 0 aliphatic rings. The summed E-state index contributed by atoms with van der Waals surface area (Å²) in [7, 11) is 1.64. The molecule has 1 unspecified atom stereocenters. The number of methoxy groups -OCH3 is 1. The second kappa shape index (κ2) is 11.5. The Morgan fingerprint density at radius 1 is 0.833 bits per heavy atom. The Kier molecular flexibility index (Phi) is 8.39. The summed E-state index contributed by atoms with van der Waals surface area (Å²) in [4.78, 5) is 2.13. The third kappa shape index (κ3) is 7.26. The number of halogens is 1. The topological polar surface area (TPSA) is 41.9 Å². The average molecular weight is 410 g/mol. The number of hydrogen-bond donors (Lipinski definition) is 1. The summed E-state index contributed by atoms with van der Waals surface area (Å²) >= 11 is 0. The second-order valence-electron chi connectivity index (χ2n) is 7.30. The quantitative estimate of drug-likeness (QED) is 0.509. The molecule has 158 valence electrons. The van der Waals surface area contributed by atoms with Crippen molar-refractivity contribution in [3.63, 3.8) is 0 Å². The lowest BCUT2D eigenvalue weighted by Crippen LogP contribution is -2.34. The van der Waals surface area contributed by atoms with Gasteiger partial charge in [0, 0.05) is 19.6 Å². The largest absolute Gasteiger partial charge is 0.497 e. The molecule has 0 amide bonds. The molecule has 1 N–H and O–H groups in total. The van der Waals surface area contributed by atoms with Gasteiger partial charge in [-0.2, -0.15) is 0 Å². The first-order valence-corrected chi connectivity index (χ1v) is 10.0. The van der Waals surface area contributed by atoms with Gasteiger partial charge in [0.25, 0.3) is 0 Å². The Labute approximate surface area is 177 Å². The van der Waals surface area contributed by atoms with Crippen LogP contribution in [0, 0.1) is 5.82 Å². The van der Waals surface area contributed by atoms with E-state index in [2.05, 4.69) is 4.90 Å². The van der Waals surface area contributed by atoms with Crippen LogP contribution in [0.2, 0.25) is 0 Å². The summed E-state index contributed by atoms with van der Waals surface area (Å²) in [6, 6.07) is 24.2. The number of ether oxygens (including phenoxy) is 2. The lowest BCUT2D eigenvalue weighted by Gasteiger charge is -2.25. The fraction of sp³-hybridized carbons (Fsp3) is 0.280. The molecule has 0 bridgehead atoms. The van der Waals surface area contributed by atoms with Crippen LogP contribution >= 0.6 is 0 Å². The highest BCUT2D eigenvalue weighted by Gasteiger charge is 2.14. The van der Waals surface area contributed by atoms with Crippen LogP contribution in [0.15, 0.2) is 78.9 Å². The van der Waals surface area contributed by atoms with E-state index in [4.69, 9.17) is 9.47 Å². The third-order valence-electron chi connectivity index (χ3n) is 4.78. The first kappa shape index (κ1) is 22.0. The predicted molar refractivity (Wildman–Crippen MR) is 116 cm³/mol. The van der Waals surface area contributed by atoms with Crippen LogP contribution in [-0.2, 0) is 24.4 Å². The molecule has 0 saturated heterocycles. The molecular weight excluding hydrogens is 381 g/mol. The highest BCUT2D eigenvalue weighted by atomic mass is 19.1. The van der Waals surface area contributed by atoms with Gasteiger partial charge in [0.1, 0.15) is 11.6 Å². The van der Waals surface area contributed by atoms with Crippen molar-refractivity contribution < 1.29 is 19.0 Å². The Morgan fingerprint density at radius 3 is 2.03 bits per heavy atom. The van der Waals surface area contributed by atoms with E-state index in [1.54, 1.807) is 19.2 Å². The average Bonchev–Trinajstić information content (AvgIpc) is 2.76. The summed E-state index contributed by atoms with van der Waals surface area (Å²) in [5.74, 6) is 0.549. The van der Waals surface area contributed by atoms with Gasteiger partial charge in [-0.15, -0.1) is 0 Å². The van der Waals surface area contributed by atoms with Crippen LogP contribution in [-0.4, -0.2) is 36.4 Å². The summed E-state index contributed by atoms with van der Waals surface area (Å²) in [6.07, 6.45) is -0.632. The zero-order chi connectivity index (χ0) is 21.2. The van der Waals surface area contributed by atoms with Crippen LogP contribution in [0.5, 0.6) is 5.75 Å². The SMILES string of the molecule is COc1ccc(CN(Cc2ccc(F)cc2)CC(O)COCc2ccccc2)cc1. The molecule has 3 rings (SSSR count). The molecule has 4 nitrogen and oxygen atoms in total. The highest BCUT2D eigenvalue weighted by molar-refractivity contribution is 5.27. The van der Waals surface area contributed by atoms with E-state index in [0.29, 0.717) is 26.2 Å². The molecule has 0 radical (unpaired) electrons. The maximum Gasteiger partial charge on any atom is 0.123 e. The Morgan fingerprint density at radius 2 is 1.43 bits per heavy atom. The summed E-state index contributed by atoms with van der Waals surface area (Å²) in [5, 5.41) is 10.5. The Bertz CT molecular complexity index is 869. The predicted octanol–water partition coefficient (Wildman–Crippen LogP) is 4.41. The van der Waals surface area contributed by atoms with Crippen LogP contribution < -0.4 is 4.74 Å². The van der Waals surface area contributed by atoms with Gasteiger partial charge in [-0.05, 0) is 41.0 Å². The zero-order valence-electron chi connectivity index (χ0n) is 17.2. The van der Waals surface area contributed by atoms with Gasteiger partial charge >= 0.3 is 0 Å². The number of nitrogens with zero attached hydrogens (tertiary/aromatic N) is 1. The van der Waals surface area contributed by atoms with Gasteiger partial charge in [-0.3, -0.25) is 4.90 Å². The fourth-order valence-corrected chi connectivity index (χ4v) is 3.26. The molecule has 0 fully saturated rings. The summed E-state index contributed by atoms with van der Waals surface area (Å²) in [6.45, 7) is 2.41. The summed E-state index contributed by atoms with van der Waals surface area (Å²) in [5.41, 5.74) is 3.17. The number of aliphatic hydroxyl groups excluding tert-OH is 1. The van der Waals surface area contributed by atoms with Crippen molar-refractivity contribution >= 4 is 0 Å². The van der Waals surface area contributed by atoms with E-state index >= 15 is 0 Å². The highest BCUT2D eigenvalue weighted by Crippen LogP contribution is 2.16. The minimum Gasteiger partial charge on any atom is -0.497 e. The maximum absolute atomic E-state index is 13.2. The van der Waals surface area contributed by atoms with Gasteiger partial charge in [0.15, 0.2) is 0 Å². The monoisotopic (exact) mass is 409 g/mol. The van der Waals surface area contributed by atoms with Crippen molar-refractivity contribution in [3.8, 4) is 5.75 Å². The molecule has 5 heteroatoms. The molecule has 0 heterocycles. The van der Waals surface area contributed by atoms with Gasteiger partial charge in [-0.25, -0.2) is 4.39 Å². The number of hydrogen-bond acceptors (Lipinski definition) is 4. The Hall–Kier alpha value is -2.73. The van der Waals surface area contributed by atoms with Crippen LogP contribution in [0.1, 0.15) is 16.7 Å². The van der Waals surface area contributed by atoms with E-state index < -0.39 is 6.10 Å². The molecule has 0 aliphatic carbocycles. The molecule has 0 spiro atoms. The van der Waals surface area contributed by atoms with Crippen LogP contribution in [0.25, 0.3) is 0 Å². The molecule has 1 atom stereocenters. The fourth-order valence-electron chi connectivity index (χ4n) is 3.26. The molecule has 0 aliphatic heterocycles. The molecule has 3 aromatic carbocycles. The minimum atomic E-state index is -0.632. The number of benzene rings is 3. The van der Waals surface area contributed by atoms with Crippen molar-refractivity contribution in [2.24, 2.45) is 0 Å². The van der Waals surface area contributed by atoms with E-state index in [0.717, 1.165) is 22.4 Å². The van der Waals surface area contributed by atoms with Gasteiger partial charge in [-0.1, -0.05) is 54.6 Å². The molecular formula is C25H28FNO3. The van der Waals surface area contributed by atoms with Crippen LogP contribution in [0.4, 0.5) is 4.39 Å². The number of rotatable bonds is 11. The molecule has 3 aromatic rings. The van der Waals surface area contributed by atoms with E-state index in [-0.39, 0.29) is 12.4 Å². The summed E-state index contributed by atoms with van der Waals surface area (Å²) < 4.78 is 24.2. The van der Waals surface area contributed by atoms with Crippen molar-refractivity contribution in [2.75, 3.05) is 20.3 Å². The van der Waals surface area contributed by atoms with Crippen molar-refractivity contribution in [1.29, 1.82) is 0 Å². The first-order valence-electron chi connectivity index (χ1n) is 10.0. The smallest absolute Gasteiger partial charge is 0.123 e. The first-order chi connectivity index (χ1) is 14.6. The molecule has 0 aromatic heterocycles. The lowest BCUT2D eigenvalue weighted by molar-refractivity contribution is 0.00712. The van der Waals surface area contributed by atoms with Gasteiger partial charge in [0.05, 0.1) is 26.4 Å². The van der Waals surface area contributed by atoms with E-state index in [9.17, 15) is 9.50 Å². The zero-order valence-corrected chi connectivity index (χ0v) is 17.2. The standard InChI is InChI=1S/C25H28FNO3/c1-29-25-13-9-21(10-14-25)16-27(15-20-7-11-23(26)12-8-20)17-24(28)19-30-18-22-5-3-2-4-6-22/h2-14,24,28H,15-19H2,1H3. The van der Waals surface area contributed by atoms with Crippen molar-refractivity contribution in [2.45, 2.75) is 25.8 Å². The van der Waals surface area contributed by atoms with Gasteiger partial charge in [0.2, 0.25) is 0 Å². The molecule has 30 heavy (non-hydrogen) atoms. The molecule has 0 saturated carbocycles.